The minimum Gasteiger partial charge on any atom is -0.243 e. The lowest BCUT2D eigenvalue weighted by atomic mass is 10.1. The summed E-state index contributed by atoms with van der Waals surface area (Å²) in [6.45, 7) is 2.07. The zero-order valence-corrected chi connectivity index (χ0v) is 12.9. The van der Waals surface area contributed by atoms with Gasteiger partial charge >= 0.3 is 0 Å². The summed E-state index contributed by atoms with van der Waals surface area (Å²) in [6.07, 6.45) is 1.80. The van der Waals surface area contributed by atoms with Crippen LogP contribution in [-0.2, 0) is 0 Å². The highest BCUT2D eigenvalue weighted by atomic mass is 32.2. The van der Waals surface area contributed by atoms with Crippen LogP contribution in [0.15, 0.2) is 46.1 Å². The van der Waals surface area contributed by atoms with E-state index in [-0.39, 0.29) is 0 Å². The number of thiazole rings is 1. The second-order valence-electron chi connectivity index (χ2n) is 4.66. The molecule has 7 heteroatoms. The lowest BCUT2D eigenvalue weighted by Crippen LogP contribution is -2.13. The summed E-state index contributed by atoms with van der Waals surface area (Å²) in [7, 11) is 0. The summed E-state index contributed by atoms with van der Waals surface area (Å²) >= 11 is 3.24. The van der Waals surface area contributed by atoms with E-state index in [0.717, 1.165) is 33.0 Å². The molecule has 0 unspecified atom stereocenters. The first-order chi connectivity index (χ1) is 10.3. The van der Waals surface area contributed by atoms with Crippen molar-refractivity contribution in [3.8, 4) is 11.4 Å². The fourth-order valence-electron chi connectivity index (χ4n) is 2.08. The number of nitrogens with zero attached hydrogens (tertiary/aromatic N) is 5. The second-order valence-corrected chi connectivity index (χ2v) is 6.49. The third-order valence-corrected chi connectivity index (χ3v) is 4.91. The molecule has 0 amide bonds. The molecule has 4 rings (SSSR count). The number of aryl methyl sites for hydroxylation is 1. The lowest BCUT2D eigenvalue weighted by Gasteiger charge is -2.12. The van der Waals surface area contributed by atoms with E-state index >= 15 is 0 Å². The normalized spacial score (nSPS) is 13.9. The molecule has 0 N–H and O–H groups in total. The molecule has 0 spiro atoms. The smallest absolute Gasteiger partial charge is 0.212 e. The molecule has 0 radical (unpaired) electrons. The van der Waals surface area contributed by atoms with Gasteiger partial charge in [-0.15, -0.1) is 21.5 Å². The maximum absolute atomic E-state index is 4.68. The van der Waals surface area contributed by atoms with E-state index in [1.54, 1.807) is 29.3 Å². The Morgan fingerprint density at radius 1 is 1.14 bits per heavy atom. The quantitative estimate of drug-likeness (QED) is 0.729. The number of rotatable bonds is 2. The first-order valence-corrected chi connectivity index (χ1v) is 8.31. The average Bonchev–Trinajstić information content (AvgIpc) is 3.17. The fraction of sp³-hybridized carbons (Fsp3) is 0.143. The molecule has 0 aliphatic carbocycles. The van der Waals surface area contributed by atoms with Gasteiger partial charge in [-0.05, 0) is 6.92 Å². The van der Waals surface area contributed by atoms with Crippen molar-refractivity contribution in [1.82, 2.24) is 19.9 Å². The van der Waals surface area contributed by atoms with Crippen LogP contribution in [0.4, 0.5) is 0 Å². The van der Waals surface area contributed by atoms with Gasteiger partial charge in [-0.2, -0.15) is 9.78 Å². The third kappa shape index (κ3) is 2.28. The fourth-order valence-corrected chi connectivity index (χ4v) is 3.60. The summed E-state index contributed by atoms with van der Waals surface area (Å²) in [5, 5.41) is 16.9. The van der Waals surface area contributed by atoms with Crippen LogP contribution >= 0.6 is 23.1 Å². The van der Waals surface area contributed by atoms with E-state index in [1.165, 1.54) is 5.56 Å². The number of hydrogen-bond acceptors (Lipinski definition) is 6. The van der Waals surface area contributed by atoms with Gasteiger partial charge in [-0.3, -0.25) is 0 Å². The molecule has 0 saturated carbocycles. The zero-order valence-electron chi connectivity index (χ0n) is 11.2. The van der Waals surface area contributed by atoms with Crippen LogP contribution in [0.2, 0.25) is 0 Å². The number of hydrogen-bond donors (Lipinski definition) is 0. The molecule has 1 aromatic carbocycles. The predicted molar refractivity (Wildman–Crippen MR) is 85.0 cm³/mol. The highest BCUT2D eigenvalue weighted by Gasteiger charge is 2.21. The van der Waals surface area contributed by atoms with E-state index < -0.39 is 0 Å². The largest absolute Gasteiger partial charge is 0.243 e. The Labute approximate surface area is 129 Å². The predicted octanol–water partition coefficient (Wildman–Crippen LogP) is 3.07. The Morgan fingerprint density at radius 3 is 2.76 bits per heavy atom. The Hall–Kier alpha value is -1.99. The SMILES string of the molecule is Cc1ccc(-c2nnc3n2N=C(c2nccs2)CS3)cc1. The van der Waals surface area contributed by atoms with Gasteiger partial charge in [0.2, 0.25) is 5.16 Å². The van der Waals surface area contributed by atoms with E-state index in [9.17, 15) is 0 Å². The molecule has 1 aliphatic heterocycles. The molecular formula is C14H11N5S2. The first-order valence-electron chi connectivity index (χ1n) is 6.44. The van der Waals surface area contributed by atoms with E-state index in [0.29, 0.717) is 0 Å². The van der Waals surface area contributed by atoms with Crippen molar-refractivity contribution in [2.75, 3.05) is 5.75 Å². The second kappa shape index (κ2) is 5.09. The molecular weight excluding hydrogens is 302 g/mol. The van der Waals surface area contributed by atoms with Gasteiger partial charge in [0.25, 0.3) is 0 Å². The van der Waals surface area contributed by atoms with Crippen LogP contribution in [0.1, 0.15) is 10.6 Å². The number of thioether (sulfide) groups is 1. The Morgan fingerprint density at radius 2 is 2.00 bits per heavy atom. The zero-order chi connectivity index (χ0) is 14.2. The highest BCUT2D eigenvalue weighted by Crippen LogP contribution is 2.28. The van der Waals surface area contributed by atoms with Crippen LogP contribution in [0.3, 0.4) is 0 Å². The van der Waals surface area contributed by atoms with Crippen LogP contribution < -0.4 is 0 Å². The molecule has 3 heterocycles. The minimum absolute atomic E-state index is 0.770. The van der Waals surface area contributed by atoms with Gasteiger partial charge in [0.15, 0.2) is 5.82 Å². The van der Waals surface area contributed by atoms with E-state index in [4.69, 9.17) is 0 Å². The van der Waals surface area contributed by atoms with Gasteiger partial charge < -0.3 is 0 Å². The number of fused-ring (bicyclic) bond motifs is 1. The highest BCUT2D eigenvalue weighted by molar-refractivity contribution is 7.99. The van der Waals surface area contributed by atoms with E-state index in [2.05, 4.69) is 39.3 Å². The van der Waals surface area contributed by atoms with Crippen molar-refractivity contribution >= 4 is 28.8 Å². The molecule has 21 heavy (non-hydrogen) atoms. The van der Waals surface area contributed by atoms with Gasteiger partial charge in [-0.25, -0.2) is 4.98 Å². The Balaban J connectivity index is 1.81. The number of aromatic nitrogens is 4. The average molecular weight is 313 g/mol. The van der Waals surface area contributed by atoms with Crippen molar-refractivity contribution in [3.05, 3.63) is 46.4 Å². The number of benzene rings is 1. The van der Waals surface area contributed by atoms with Crippen LogP contribution in [-0.4, -0.2) is 31.3 Å². The van der Waals surface area contributed by atoms with Crippen LogP contribution in [0.5, 0.6) is 0 Å². The third-order valence-electron chi connectivity index (χ3n) is 3.16. The van der Waals surface area contributed by atoms with Gasteiger partial charge in [0.05, 0.1) is 0 Å². The molecule has 3 aromatic rings. The van der Waals surface area contributed by atoms with Gasteiger partial charge in [0.1, 0.15) is 10.7 Å². The summed E-state index contributed by atoms with van der Waals surface area (Å²) in [6, 6.07) is 8.23. The van der Waals surface area contributed by atoms with E-state index in [1.807, 2.05) is 22.2 Å². The summed E-state index contributed by atoms with van der Waals surface area (Å²) in [4.78, 5) is 4.33. The molecule has 0 fully saturated rings. The van der Waals surface area contributed by atoms with Gasteiger partial charge in [0, 0.05) is 22.9 Å². The Bertz CT molecular complexity index is 803. The molecule has 104 valence electrons. The summed E-state index contributed by atoms with van der Waals surface area (Å²) in [5.74, 6) is 1.55. The van der Waals surface area contributed by atoms with Crippen molar-refractivity contribution in [2.45, 2.75) is 12.1 Å². The molecule has 5 nitrogen and oxygen atoms in total. The van der Waals surface area contributed by atoms with Crippen molar-refractivity contribution in [1.29, 1.82) is 0 Å². The Kier molecular flexibility index (Phi) is 3.08. The topological polar surface area (TPSA) is 56.0 Å². The van der Waals surface area contributed by atoms with Crippen LogP contribution in [0, 0.1) is 6.92 Å². The van der Waals surface area contributed by atoms with Gasteiger partial charge in [-0.1, -0.05) is 41.6 Å². The molecule has 0 saturated heterocycles. The molecule has 0 atom stereocenters. The van der Waals surface area contributed by atoms with Crippen LogP contribution in [0.25, 0.3) is 11.4 Å². The van der Waals surface area contributed by atoms with Crippen molar-refractivity contribution in [2.24, 2.45) is 5.10 Å². The maximum Gasteiger partial charge on any atom is 0.212 e. The lowest BCUT2D eigenvalue weighted by molar-refractivity contribution is 0.762. The first kappa shape index (κ1) is 12.7. The maximum atomic E-state index is 4.68. The van der Waals surface area contributed by atoms with Crippen molar-refractivity contribution in [3.63, 3.8) is 0 Å². The molecule has 2 aromatic heterocycles. The minimum atomic E-state index is 0.770. The summed E-state index contributed by atoms with van der Waals surface area (Å²) < 4.78 is 1.82. The monoisotopic (exact) mass is 313 g/mol. The molecule has 0 bridgehead atoms. The standard InChI is InChI=1S/C14H11N5S2/c1-9-2-4-10(5-3-9)12-16-17-14-19(12)18-11(8-21-14)13-15-6-7-20-13/h2-7H,8H2,1H3. The van der Waals surface area contributed by atoms with Crippen molar-refractivity contribution < 1.29 is 0 Å². The summed E-state index contributed by atoms with van der Waals surface area (Å²) in [5.41, 5.74) is 3.21. The molecule has 1 aliphatic rings.